The topological polar surface area (TPSA) is 84.7 Å². The maximum absolute atomic E-state index is 13.6. The van der Waals surface area contributed by atoms with Crippen molar-refractivity contribution in [3.05, 3.63) is 63.5 Å². The first-order chi connectivity index (χ1) is 12.5. The monoisotopic (exact) mass is 359 g/mol. The van der Waals surface area contributed by atoms with Gasteiger partial charge in [0.1, 0.15) is 11.5 Å². The van der Waals surface area contributed by atoms with Gasteiger partial charge >= 0.3 is 0 Å². The minimum absolute atomic E-state index is 0.134. The number of halogens is 1. The van der Waals surface area contributed by atoms with Gasteiger partial charge in [0.25, 0.3) is 11.6 Å². The van der Waals surface area contributed by atoms with Crippen LogP contribution in [0, 0.1) is 22.9 Å². The number of carbonyl (C=O) groups excluding carboxylic acids is 1. The zero-order valence-electron chi connectivity index (χ0n) is 14.2. The van der Waals surface area contributed by atoms with Gasteiger partial charge in [-0.3, -0.25) is 14.9 Å². The molecule has 7 nitrogen and oxygen atoms in total. The van der Waals surface area contributed by atoms with Gasteiger partial charge in [-0.25, -0.2) is 4.39 Å². The van der Waals surface area contributed by atoms with Crippen molar-refractivity contribution in [2.75, 3.05) is 36.5 Å². The molecule has 0 unspecified atom stereocenters. The molecule has 2 aromatic rings. The number of aryl methyl sites for hydroxylation is 1. The van der Waals surface area contributed by atoms with Gasteiger partial charge in [-0.2, -0.15) is 0 Å². The number of nitrogens with zero attached hydrogens (tertiary/aromatic N) is 2. The number of benzene rings is 2. The molecule has 1 saturated heterocycles. The molecule has 1 fully saturated rings. The van der Waals surface area contributed by atoms with Crippen molar-refractivity contribution in [1.29, 1.82) is 0 Å². The van der Waals surface area contributed by atoms with Crippen molar-refractivity contribution in [2.24, 2.45) is 0 Å². The van der Waals surface area contributed by atoms with E-state index in [1.54, 1.807) is 25.1 Å². The molecule has 0 atom stereocenters. The molecule has 0 radical (unpaired) electrons. The third kappa shape index (κ3) is 3.80. The number of carbonyl (C=O) groups is 1. The van der Waals surface area contributed by atoms with Crippen molar-refractivity contribution >= 4 is 23.0 Å². The van der Waals surface area contributed by atoms with Crippen LogP contribution in [-0.4, -0.2) is 37.1 Å². The summed E-state index contributed by atoms with van der Waals surface area (Å²) < 4.78 is 18.9. The number of hydrogen-bond acceptors (Lipinski definition) is 5. The molecular formula is C18H18FN3O4. The van der Waals surface area contributed by atoms with Crippen LogP contribution >= 0.6 is 0 Å². The summed E-state index contributed by atoms with van der Waals surface area (Å²) >= 11 is 0. The van der Waals surface area contributed by atoms with E-state index in [9.17, 15) is 19.3 Å². The fourth-order valence-electron chi connectivity index (χ4n) is 2.76. The molecule has 1 heterocycles. The number of anilines is 2. The zero-order valence-corrected chi connectivity index (χ0v) is 14.2. The largest absolute Gasteiger partial charge is 0.378 e. The molecule has 0 aromatic heterocycles. The van der Waals surface area contributed by atoms with Crippen LogP contribution in [0.5, 0.6) is 0 Å². The Balaban J connectivity index is 1.85. The normalized spacial score (nSPS) is 14.2. The Morgan fingerprint density at radius 3 is 2.62 bits per heavy atom. The molecule has 1 aliphatic heterocycles. The fraction of sp³-hybridized carbons (Fsp3) is 0.278. The minimum atomic E-state index is -0.537. The van der Waals surface area contributed by atoms with Gasteiger partial charge in [0.15, 0.2) is 0 Å². The van der Waals surface area contributed by atoms with Gasteiger partial charge in [0.05, 0.1) is 18.1 Å². The Morgan fingerprint density at radius 1 is 1.23 bits per heavy atom. The standard InChI is InChI=1S/C18H18FN3O4/c1-12-2-4-14(11-15(12)19)20-18(23)13-3-5-16(17(10-13)22(24)25)21-6-8-26-9-7-21/h2-5,10-11H,6-9H2,1H3,(H,20,23). The molecule has 0 aliphatic carbocycles. The number of nitrogens with one attached hydrogen (secondary N) is 1. The lowest BCUT2D eigenvalue weighted by Gasteiger charge is -2.28. The van der Waals surface area contributed by atoms with Crippen LogP contribution in [0.2, 0.25) is 0 Å². The molecular weight excluding hydrogens is 341 g/mol. The SMILES string of the molecule is Cc1ccc(NC(=O)c2ccc(N3CCOCC3)c([N+](=O)[O-])c2)cc1F. The van der Waals surface area contributed by atoms with E-state index >= 15 is 0 Å². The number of nitro benzene ring substituents is 1. The van der Waals surface area contributed by atoms with E-state index in [4.69, 9.17) is 4.74 Å². The lowest BCUT2D eigenvalue weighted by molar-refractivity contribution is -0.384. The predicted molar refractivity (Wildman–Crippen MR) is 95.2 cm³/mol. The molecule has 26 heavy (non-hydrogen) atoms. The molecule has 0 spiro atoms. The number of amides is 1. The highest BCUT2D eigenvalue weighted by Gasteiger charge is 2.23. The van der Waals surface area contributed by atoms with Crippen LogP contribution in [-0.2, 0) is 4.74 Å². The Hall–Kier alpha value is -3.00. The van der Waals surface area contributed by atoms with Gasteiger partial charge < -0.3 is 15.0 Å². The third-order valence-electron chi connectivity index (χ3n) is 4.22. The van der Waals surface area contributed by atoms with E-state index in [-0.39, 0.29) is 16.9 Å². The lowest BCUT2D eigenvalue weighted by Crippen LogP contribution is -2.36. The molecule has 1 amide bonds. The molecule has 3 rings (SSSR count). The second kappa shape index (κ2) is 7.49. The van der Waals surface area contributed by atoms with Crippen molar-refractivity contribution in [3.8, 4) is 0 Å². The van der Waals surface area contributed by atoms with E-state index in [2.05, 4.69) is 5.32 Å². The maximum atomic E-state index is 13.6. The van der Waals surface area contributed by atoms with Crippen molar-refractivity contribution in [3.63, 3.8) is 0 Å². The highest BCUT2D eigenvalue weighted by atomic mass is 19.1. The van der Waals surface area contributed by atoms with Crippen LogP contribution in [0.3, 0.4) is 0 Å². The molecule has 0 bridgehead atoms. The summed E-state index contributed by atoms with van der Waals surface area (Å²) in [6.07, 6.45) is 0. The Bertz CT molecular complexity index is 850. The fourth-order valence-corrected chi connectivity index (χ4v) is 2.76. The highest BCUT2D eigenvalue weighted by Crippen LogP contribution is 2.30. The Morgan fingerprint density at radius 2 is 1.96 bits per heavy atom. The average molecular weight is 359 g/mol. The van der Waals surface area contributed by atoms with Crippen molar-refractivity contribution < 1.29 is 18.8 Å². The number of morpholine rings is 1. The average Bonchev–Trinajstić information content (AvgIpc) is 2.65. The zero-order chi connectivity index (χ0) is 18.7. The summed E-state index contributed by atoms with van der Waals surface area (Å²) in [7, 11) is 0. The molecule has 1 N–H and O–H groups in total. The van der Waals surface area contributed by atoms with E-state index in [0.29, 0.717) is 37.6 Å². The summed E-state index contributed by atoms with van der Waals surface area (Å²) in [5.41, 5.74) is 1.20. The summed E-state index contributed by atoms with van der Waals surface area (Å²) in [6, 6.07) is 8.67. The van der Waals surface area contributed by atoms with E-state index in [1.165, 1.54) is 18.2 Å². The minimum Gasteiger partial charge on any atom is -0.378 e. The van der Waals surface area contributed by atoms with E-state index < -0.39 is 16.6 Å². The molecule has 136 valence electrons. The highest BCUT2D eigenvalue weighted by molar-refractivity contribution is 6.05. The first-order valence-corrected chi connectivity index (χ1v) is 8.14. The Labute approximate surface area is 149 Å². The molecule has 8 heteroatoms. The van der Waals surface area contributed by atoms with Gasteiger partial charge in [-0.05, 0) is 36.8 Å². The van der Waals surface area contributed by atoms with Crippen LogP contribution in [0.1, 0.15) is 15.9 Å². The third-order valence-corrected chi connectivity index (χ3v) is 4.22. The van der Waals surface area contributed by atoms with E-state index in [1.807, 2.05) is 4.90 Å². The predicted octanol–water partition coefficient (Wildman–Crippen LogP) is 3.13. The molecule has 0 saturated carbocycles. The summed E-state index contributed by atoms with van der Waals surface area (Å²) in [4.78, 5) is 25.2. The van der Waals surface area contributed by atoms with Gasteiger partial charge in [0.2, 0.25) is 0 Å². The molecule has 2 aromatic carbocycles. The lowest BCUT2D eigenvalue weighted by atomic mass is 10.1. The number of nitro groups is 1. The maximum Gasteiger partial charge on any atom is 0.293 e. The van der Waals surface area contributed by atoms with Crippen molar-refractivity contribution in [2.45, 2.75) is 6.92 Å². The van der Waals surface area contributed by atoms with E-state index in [0.717, 1.165) is 0 Å². The van der Waals surface area contributed by atoms with Crippen molar-refractivity contribution in [1.82, 2.24) is 0 Å². The van der Waals surface area contributed by atoms with Crippen LogP contribution in [0.4, 0.5) is 21.5 Å². The first kappa shape index (κ1) is 17.8. The van der Waals surface area contributed by atoms with Crippen LogP contribution in [0.15, 0.2) is 36.4 Å². The summed E-state index contributed by atoms with van der Waals surface area (Å²) in [5, 5.41) is 14.0. The summed E-state index contributed by atoms with van der Waals surface area (Å²) in [5.74, 6) is -0.971. The second-order valence-electron chi connectivity index (χ2n) is 5.98. The van der Waals surface area contributed by atoms with Gasteiger partial charge in [0, 0.05) is 30.4 Å². The quantitative estimate of drug-likeness (QED) is 0.670. The molecule has 1 aliphatic rings. The number of ether oxygens (including phenoxy) is 1. The van der Waals surface area contributed by atoms with Gasteiger partial charge in [-0.15, -0.1) is 0 Å². The first-order valence-electron chi connectivity index (χ1n) is 8.14. The second-order valence-corrected chi connectivity index (χ2v) is 5.98. The van der Waals surface area contributed by atoms with Gasteiger partial charge in [-0.1, -0.05) is 6.07 Å². The van der Waals surface area contributed by atoms with Crippen LogP contribution in [0.25, 0.3) is 0 Å². The number of hydrogen-bond donors (Lipinski definition) is 1. The number of rotatable bonds is 4. The smallest absolute Gasteiger partial charge is 0.293 e. The Kier molecular flexibility index (Phi) is 5.13. The summed E-state index contributed by atoms with van der Waals surface area (Å²) in [6.45, 7) is 3.72. The van der Waals surface area contributed by atoms with Crippen LogP contribution < -0.4 is 10.2 Å².